The maximum absolute atomic E-state index is 12.0. The third kappa shape index (κ3) is 4.05. The molecule has 18 heavy (non-hydrogen) atoms. The minimum Gasteiger partial charge on any atom is -0.397 e. The molecular formula is C11H17ClN2O2S2. The summed E-state index contributed by atoms with van der Waals surface area (Å²) in [5.74, 6) is 0. The van der Waals surface area contributed by atoms with Gasteiger partial charge in [-0.3, -0.25) is 0 Å². The number of anilines is 1. The first-order valence-electron chi connectivity index (χ1n) is 5.28. The summed E-state index contributed by atoms with van der Waals surface area (Å²) in [5, 5.41) is 0.346. The van der Waals surface area contributed by atoms with Crippen LogP contribution >= 0.6 is 23.4 Å². The Morgan fingerprint density at radius 2 is 2.06 bits per heavy atom. The van der Waals surface area contributed by atoms with E-state index in [-0.39, 0.29) is 15.3 Å². The van der Waals surface area contributed by atoms with Crippen molar-refractivity contribution in [2.24, 2.45) is 0 Å². The first-order chi connectivity index (χ1) is 8.18. The molecule has 1 aromatic carbocycles. The van der Waals surface area contributed by atoms with Crippen LogP contribution in [0.15, 0.2) is 23.1 Å². The van der Waals surface area contributed by atoms with Gasteiger partial charge in [-0.2, -0.15) is 11.8 Å². The van der Waals surface area contributed by atoms with E-state index in [9.17, 15) is 8.42 Å². The van der Waals surface area contributed by atoms with Gasteiger partial charge in [-0.15, -0.1) is 0 Å². The van der Waals surface area contributed by atoms with Crippen molar-refractivity contribution in [1.29, 1.82) is 0 Å². The molecule has 0 atom stereocenters. The number of nitrogen functional groups attached to an aromatic ring is 1. The van der Waals surface area contributed by atoms with E-state index >= 15 is 0 Å². The molecule has 0 aliphatic carbocycles. The highest BCUT2D eigenvalue weighted by Crippen LogP contribution is 2.23. The molecule has 0 spiro atoms. The molecule has 0 heterocycles. The predicted molar refractivity (Wildman–Crippen MR) is 78.6 cm³/mol. The van der Waals surface area contributed by atoms with E-state index in [4.69, 9.17) is 17.3 Å². The van der Waals surface area contributed by atoms with Crippen LogP contribution in [0.3, 0.4) is 0 Å². The van der Waals surface area contributed by atoms with E-state index in [0.717, 1.165) is 0 Å². The molecule has 1 rings (SSSR count). The van der Waals surface area contributed by atoms with Crippen LogP contribution in [0, 0.1) is 0 Å². The smallest absolute Gasteiger partial charge is 0.240 e. The molecule has 0 radical (unpaired) electrons. The highest BCUT2D eigenvalue weighted by Gasteiger charge is 2.21. The van der Waals surface area contributed by atoms with Gasteiger partial charge in [-0.1, -0.05) is 11.6 Å². The number of benzene rings is 1. The number of hydrogen-bond donors (Lipinski definition) is 2. The second kappa shape index (κ2) is 5.69. The fourth-order valence-electron chi connectivity index (χ4n) is 1.11. The number of hydrogen-bond acceptors (Lipinski definition) is 4. The van der Waals surface area contributed by atoms with Crippen molar-refractivity contribution in [2.75, 3.05) is 18.5 Å². The number of nitrogens with one attached hydrogen (secondary N) is 1. The Kier molecular flexibility index (Phi) is 4.94. The Bertz CT molecular complexity index is 530. The maximum atomic E-state index is 12.0. The normalized spacial score (nSPS) is 12.7. The molecule has 7 heteroatoms. The van der Waals surface area contributed by atoms with Gasteiger partial charge in [-0.05, 0) is 38.3 Å². The van der Waals surface area contributed by atoms with E-state index in [1.54, 1.807) is 11.8 Å². The lowest BCUT2D eigenvalue weighted by Crippen LogP contribution is -2.36. The van der Waals surface area contributed by atoms with Crippen molar-refractivity contribution in [3.63, 3.8) is 0 Å². The number of thioether (sulfide) groups is 1. The Hall–Kier alpha value is -0.430. The van der Waals surface area contributed by atoms with Gasteiger partial charge in [0.2, 0.25) is 10.0 Å². The molecule has 0 amide bonds. The molecule has 1 aromatic rings. The van der Waals surface area contributed by atoms with E-state index in [2.05, 4.69) is 4.72 Å². The van der Waals surface area contributed by atoms with Gasteiger partial charge in [0.25, 0.3) is 0 Å². The van der Waals surface area contributed by atoms with Crippen molar-refractivity contribution in [1.82, 2.24) is 4.72 Å². The molecule has 0 saturated carbocycles. The van der Waals surface area contributed by atoms with Crippen molar-refractivity contribution in [2.45, 2.75) is 23.5 Å². The summed E-state index contributed by atoms with van der Waals surface area (Å²) in [6, 6.07) is 4.27. The highest BCUT2D eigenvalue weighted by atomic mass is 35.5. The standard InChI is InChI=1S/C11H17ClN2O2S2/c1-11(2,17-3)7-14-18(15,16)8-4-5-9(12)10(13)6-8/h4-6,14H,7,13H2,1-3H3. The summed E-state index contributed by atoms with van der Waals surface area (Å²) < 4.78 is 26.5. The fraction of sp³-hybridized carbons (Fsp3) is 0.455. The van der Waals surface area contributed by atoms with Crippen LogP contribution in [-0.2, 0) is 10.0 Å². The maximum Gasteiger partial charge on any atom is 0.240 e. The van der Waals surface area contributed by atoms with Crippen LogP contribution in [0.5, 0.6) is 0 Å². The summed E-state index contributed by atoms with van der Waals surface area (Å²) in [5.41, 5.74) is 5.85. The van der Waals surface area contributed by atoms with E-state index < -0.39 is 10.0 Å². The molecule has 0 saturated heterocycles. The Morgan fingerprint density at radius 1 is 1.44 bits per heavy atom. The van der Waals surface area contributed by atoms with E-state index in [1.807, 2.05) is 20.1 Å². The average molecular weight is 309 g/mol. The van der Waals surface area contributed by atoms with Crippen LogP contribution in [0.25, 0.3) is 0 Å². The molecule has 0 unspecified atom stereocenters. The lowest BCUT2D eigenvalue weighted by atomic mass is 10.2. The number of halogens is 1. The molecule has 102 valence electrons. The number of nitrogens with two attached hydrogens (primary N) is 1. The molecule has 0 aliphatic heterocycles. The van der Waals surface area contributed by atoms with Crippen molar-refractivity contribution < 1.29 is 8.42 Å². The molecular weight excluding hydrogens is 292 g/mol. The fourth-order valence-corrected chi connectivity index (χ4v) is 2.79. The van der Waals surface area contributed by atoms with Gasteiger partial charge in [0.05, 0.1) is 15.6 Å². The molecule has 0 aromatic heterocycles. The zero-order valence-electron chi connectivity index (χ0n) is 10.5. The number of rotatable bonds is 5. The second-order valence-electron chi connectivity index (χ2n) is 4.47. The summed E-state index contributed by atoms with van der Waals surface area (Å²) >= 11 is 7.36. The lowest BCUT2D eigenvalue weighted by Gasteiger charge is -2.22. The van der Waals surface area contributed by atoms with Gasteiger partial charge in [0, 0.05) is 11.3 Å². The van der Waals surface area contributed by atoms with Crippen LogP contribution in [0.1, 0.15) is 13.8 Å². The van der Waals surface area contributed by atoms with Gasteiger partial charge in [0.15, 0.2) is 0 Å². The van der Waals surface area contributed by atoms with Crippen molar-refractivity contribution in [3.8, 4) is 0 Å². The van der Waals surface area contributed by atoms with E-state index in [0.29, 0.717) is 11.6 Å². The molecule has 0 fully saturated rings. The van der Waals surface area contributed by atoms with Crippen LogP contribution in [0.4, 0.5) is 5.69 Å². The molecule has 0 bridgehead atoms. The van der Waals surface area contributed by atoms with Crippen LogP contribution in [0.2, 0.25) is 5.02 Å². The minimum atomic E-state index is -3.54. The quantitative estimate of drug-likeness (QED) is 0.819. The molecule has 4 nitrogen and oxygen atoms in total. The van der Waals surface area contributed by atoms with Crippen LogP contribution < -0.4 is 10.5 Å². The average Bonchev–Trinajstić information content (AvgIpc) is 2.30. The zero-order chi connectivity index (χ0) is 14.0. The highest BCUT2D eigenvalue weighted by molar-refractivity contribution is 8.00. The topological polar surface area (TPSA) is 72.2 Å². The third-order valence-electron chi connectivity index (χ3n) is 2.52. The van der Waals surface area contributed by atoms with Gasteiger partial charge >= 0.3 is 0 Å². The van der Waals surface area contributed by atoms with E-state index in [1.165, 1.54) is 18.2 Å². The lowest BCUT2D eigenvalue weighted by molar-refractivity contribution is 0.571. The molecule has 3 N–H and O–H groups in total. The first-order valence-corrected chi connectivity index (χ1v) is 8.36. The second-order valence-corrected chi connectivity index (χ2v) is 8.16. The van der Waals surface area contributed by atoms with Crippen molar-refractivity contribution >= 4 is 39.1 Å². The monoisotopic (exact) mass is 308 g/mol. The minimum absolute atomic E-state index is 0.126. The summed E-state index contributed by atoms with van der Waals surface area (Å²) in [6.07, 6.45) is 1.94. The summed E-state index contributed by atoms with van der Waals surface area (Å²) in [7, 11) is -3.54. The third-order valence-corrected chi connectivity index (χ3v) is 5.51. The Morgan fingerprint density at radius 3 is 2.56 bits per heavy atom. The largest absolute Gasteiger partial charge is 0.397 e. The SMILES string of the molecule is CSC(C)(C)CNS(=O)(=O)c1ccc(Cl)c(N)c1. The summed E-state index contributed by atoms with van der Waals surface area (Å²) in [4.78, 5) is 0.126. The van der Waals surface area contributed by atoms with Crippen molar-refractivity contribution in [3.05, 3.63) is 23.2 Å². The molecule has 0 aliphatic rings. The summed E-state index contributed by atoms with van der Waals surface area (Å²) in [6.45, 7) is 4.28. The van der Waals surface area contributed by atoms with Crippen LogP contribution in [-0.4, -0.2) is 26.0 Å². The zero-order valence-corrected chi connectivity index (χ0v) is 12.9. The van der Waals surface area contributed by atoms with Gasteiger partial charge in [0.1, 0.15) is 0 Å². The Balaban J connectivity index is 2.90. The van der Waals surface area contributed by atoms with Gasteiger partial charge in [-0.25, -0.2) is 13.1 Å². The first kappa shape index (κ1) is 15.6. The predicted octanol–water partition coefficient (Wildman–Crippen LogP) is 2.34. The Labute approximate surface area is 117 Å². The van der Waals surface area contributed by atoms with Gasteiger partial charge < -0.3 is 5.73 Å². The number of sulfonamides is 1.